The fraction of sp³-hybridized carbons (Fsp3) is 0.857. The molecule has 1 rings (SSSR count). The van der Waals surface area contributed by atoms with E-state index in [9.17, 15) is 13.6 Å². The van der Waals surface area contributed by atoms with Gasteiger partial charge in [0.05, 0.1) is 12.6 Å². The maximum atomic E-state index is 12.9. The van der Waals surface area contributed by atoms with Crippen LogP contribution in [0.25, 0.3) is 0 Å². The molecule has 0 bridgehead atoms. The zero-order chi connectivity index (χ0) is 9.35. The average Bonchev–Trinajstić information content (AvgIpc) is 1.94. The SMILES string of the molecule is CC(=O)N1CC[C@@H](N)C(F)(F)C1. The third-order valence-corrected chi connectivity index (χ3v) is 2.10. The molecule has 0 spiro atoms. The van der Waals surface area contributed by atoms with Crippen molar-refractivity contribution in [3.63, 3.8) is 0 Å². The molecular formula is C7H12F2N2O. The molecule has 0 radical (unpaired) electrons. The number of rotatable bonds is 0. The highest BCUT2D eigenvalue weighted by atomic mass is 19.3. The Kier molecular flexibility index (Phi) is 2.32. The van der Waals surface area contributed by atoms with Gasteiger partial charge in [-0.3, -0.25) is 4.79 Å². The van der Waals surface area contributed by atoms with Crippen molar-refractivity contribution in [2.45, 2.75) is 25.3 Å². The van der Waals surface area contributed by atoms with E-state index in [2.05, 4.69) is 0 Å². The Bertz CT molecular complexity index is 196. The molecule has 0 saturated carbocycles. The zero-order valence-corrected chi connectivity index (χ0v) is 6.89. The van der Waals surface area contributed by atoms with Crippen LogP contribution in [0, 0.1) is 0 Å². The van der Waals surface area contributed by atoms with Gasteiger partial charge in [-0.25, -0.2) is 8.78 Å². The molecule has 2 N–H and O–H groups in total. The van der Waals surface area contributed by atoms with Crippen LogP contribution in [0.2, 0.25) is 0 Å². The topological polar surface area (TPSA) is 46.3 Å². The van der Waals surface area contributed by atoms with E-state index in [1.54, 1.807) is 0 Å². The smallest absolute Gasteiger partial charge is 0.280 e. The van der Waals surface area contributed by atoms with E-state index in [1.165, 1.54) is 6.92 Å². The van der Waals surface area contributed by atoms with Crippen molar-refractivity contribution in [2.24, 2.45) is 5.73 Å². The number of nitrogens with zero attached hydrogens (tertiary/aromatic N) is 1. The fourth-order valence-electron chi connectivity index (χ4n) is 1.23. The summed E-state index contributed by atoms with van der Waals surface area (Å²) in [5.41, 5.74) is 5.19. The number of halogens is 2. The summed E-state index contributed by atoms with van der Waals surface area (Å²) >= 11 is 0. The van der Waals surface area contributed by atoms with Gasteiger partial charge in [-0.1, -0.05) is 0 Å². The van der Waals surface area contributed by atoms with Crippen LogP contribution in [0.15, 0.2) is 0 Å². The number of hydrogen-bond donors (Lipinski definition) is 1. The number of carbonyl (C=O) groups excluding carboxylic acids is 1. The summed E-state index contributed by atoms with van der Waals surface area (Å²) in [7, 11) is 0. The molecular weight excluding hydrogens is 166 g/mol. The minimum atomic E-state index is -2.93. The summed E-state index contributed by atoms with van der Waals surface area (Å²) in [5, 5.41) is 0. The van der Waals surface area contributed by atoms with Crippen molar-refractivity contribution in [1.29, 1.82) is 0 Å². The minimum absolute atomic E-state index is 0.173. The van der Waals surface area contributed by atoms with E-state index < -0.39 is 18.5 Å². The Morgan fingerprint density at radius 2 is 2.25 bits per heavy atom. The predicted octanol–water partition coefficient (Wildman–Crippen LogP) is 0.201. The molecule has 1 fully saturated rings. The van der Waals surface area contributed by atoms with Crippen molar-refractivity contribution < 1.29 is 13.6 Å². The number of amides is 1. The Balaban J connectivity index is 2.63. The standard InChI is InChI=1S/C7H12F2N2O/c1-5(12)11-3-2-6(10)7(8,9)4-11/h6H,2-4,10H2,1H3/t6-/m1/s1. The molecule has 0 unspecified atom stereocenters. The molecule has 1 aliphatic rings. The van der Waals surface area contributed by atoms with Crippen LogP contribution in [0.1, 0.15) is 13.3 Å². The monoisotopic (exact) mass is 178 g/mol. The normalized spacial score (nSPS) is 28.7. The van der Waals surface area contributed by atoms with Crippen LogP contribution in [-0.4, -0.2) is 35.9 Å². The van der Waals surface area contributed by atoms with Gasteiger partial charge >= 0.3 is 0 Å². The highest BCUT2D eigenvalue weighted by molar-refractivity contribution is 5.73. The number of likely N-dealkylation sites (tertiary alicyclic amines) is 1. The van der Waals surface area contributed by atoms with Gasteiger partial charge in [0.15, 0.2) is 0 Å². The minimum Gasteiger partial charge on any atom is -0.337 e. The summed E-state index contributed by atoms with van der Waals surface area (Å²) in [6.07, 6.45) is 0.173. The molecule has 0 aliphatic carbocycles. The van der Waals surface area contributed by atoms with E-state index in [4.69, 9.17) is 5.73 Å². The summed E-state index contributed by atoms with van der Waals surface area (Å²) in [5.74, 6) is -3.24. The van der Waals surface area contributed by atoms with Gasteiger partial charge in [-0.15, -0.1) is 0 Å². The van der Waals surface area contributed by atoms with Gasteiger partial charge in [0.25, 0.3) is 5.92 Å². The van der Waals surface area contributed by atoms with Crippen molar-refractivity contribution >= 4 is 5.91 Å². The number of hydrogen-bond acceptors (Lipinski definition) is 2. The molecule has 0 aromatic carbocycles. The van der Waals surface area contributed by atoms with Gasteiger partial charge in [0.2, 0.25) is 5.91 Å². The lowest BCUT2D eigenvalue weighted by atomic mass is 10.0. The highest BCUT2D eigenvalue weighted by Crippen LogP contribution is 2.25. The molecule has 5 heteroatoms. The van der Waals surface area contributed by atoms with Crippen LogP contribution in [0.3, 0.4) is 0 Å². The van der Waals surface area contributed by atoms with Crippen molar-refractivity contribution in [3.8, 4) is 0 Å². The lowest BCUT2D eigenvalue weighted by Crippen LogP contribution is -2.56. The van der Waals surface area contributed by atoms with E-state index in [-0.39, 0.29) is 12.3 Å². The van der Waals surface area contributed by atoms with Crippen molar-refractivity contribution in [2.75, 3.05) is 13.1 Å². The molecule has 0 aromatic rings. The summed E-state index contributed by atoms with van der Waals surface area (Å²) < 4.78 is 25.8. The van der Waals surface area contributed by atoms with E-state index in [0.29, 0.717) is 6.54 Å². The van der Waals surface area contributed by atoms with Crippen LogP contribution < -0.4 is 5.73 Å². The van der Waals surface area contributed by atoms with Crippen molar-refractivity contribution in [1.82, 2.24) is 4.90 Å². The third-order valence-electron chi connectivity index (χ3n) is 2.10. The molecule has 1 atom stereocenters. The Morgan fingerprint density at radius 1 is 1.67 bits per heavy atom. The molecule has 70 valence electrons. The number of piperidine rings is 1. The van der Waals surface area contributed by atoms with Gasteiger partial charge < -0.3 is 10.6 Å². The first-order chi connectivity index (χ1) is 5.43. The molecule has 1 saturated heterocycles. The second-order valence-corrected chi connectivity index (χ2v) is 3.10. The van der Waals surface area contributed by atoms with Crippen LogP contribution in [0.5, 0.6) is 0 Å². The summed E-state index contributed by atoms with van der Waals surface area (Å²) in [6.45, 7) is 1.09. The van der Waals surface area contributed by atoms with Gasteiger partial charge in [-0.05, 0) is 6.42 Å². The first-order valence-electron chi connectivity index (χ1n) is 3.82. The maximum absolute atomic E-state index is 12.9. The molecule has 12 heavy (non-hydrogen) atoms. The molecule has 0 aromatic heterocycles. The molecule has 3 nitrogen and oxygen atoms in total. The number of carbonyl (C=O) groups is 1. The third kappa shape index (κ3) is 1.72. The lowest BCUT2D eigenvalue weighted by Gasteiger charge is -2.35. The predicted molar refractivity (Wildman–Crippen MR) is 39.8 cm³/mol. The number of alkyl halides is 2. The summed E-state index contributed by atoms with van der Waals surface area (Å²) in [4.78, 5) is 11.9. The summed E-state index contributed by atoms with van der Waals surface area (Å²) in [6, 6.07) is -1.10. The molecule has 1 heterocycles. The second kappa shape index (κ2) is 2.97. The largest absolute Gasteiger partial charge is 0.337 e. The van der Waals surface area contributed by atoms with Crippen LogP contribution in [0.4, 0.5) is 8.78 Å². The van der Waals surface area contributed by atoms with Gasteiger partial charge in [0, 0.05) is 13.5 Å². The first kappa shape index (κ1) is 9.38. The lowest BCUT2D eigenvalue weighted by molar-refractivity contribution is -0.141. The van der Waals surface area contributed by atoms with E-state index in [1.807, 2.05) is 0 Å². The van der Waals surface area contributed by atoms with E-state index in [0.717, 1.165) is 4.90 Å². The average molecular weight is 178 g/mol. The quantitative estimate of drug-likeness (QED) is 0.576. The first-order valence-corrected chi connectivity index (χ1v) is 3.82. The zero-order valence-electron chi connectivity index (χ0n) is 6.89. The van der Waals surface area contributed by atoms with Crippen LogP contribution in [-0.2, 0) is 4.79 Å². The molecule has 1 aliphatic heterocycles. The Morgan fingerprint density at radius 3 is 2.67 bits per heavy atom. The van der Waals surface area contributed by atoms with Crippen molar-refractivity contribution in [3.05, 3.63) is 0 Å². The Labute approximate surface area is 69.5 Å². The van der Waals surface area contributed by atoms with E-state index >= 15 is 0 Å². The number of nitrogens with two attached hydrogens (primary N) is 1. The Hall–Kier alpha value is -0.710. The fourth-order valence-corrected chi connectivity index (χ4v) is 1.23. The maximum Gasteiger partial charge on any atom is 0.280 e. The van der Waals surface area contributed by atoms with Gasteiger partial charge in [0.1, 0.15) is 0 Å². The molecule has 1 amide bonds. The second-order valence-electron chi connectivity index (χ2n) is 3.10. The highest BCUT2D eigenvalue weighted by Gasteiger charge is 2.43. The van der Waals surface area contributed by atoms with Gasteiger partial charge in [-0.2, -0.15) is 0 Å². The van der Waals surface area contributed by atoms with Crippen LogP contribution >= 0.6 is 0 Å².